The Kier molecular flexibility index (Phi) is 3.57. The Labute approximate surface area is 129 Å². The van der Waals surface area contributed by atoms with Crippen LogP contribution in [0.2, 0.25) is 0 Å². The molecule has 0 saturated carbocycles. The lowest BCUT2D eigenvalue weighted by molar-refractivity contribution is -0.141. The highest BCUT2D eigenvalue weighted by Crippen LogP contribution is 2.28. The summed E-state index contributed by atoms with van der Waals surface area (Å²) in [7, 11) is 1.62. The largest absolute Gasteiger partial charge is 0.433 e. The number of hydrogen-bond acceptors (Lipinski definition) is 5. The average molecular weight is 325 g/mol. The maximum absolute atomic E-state index is 12.8. The molecule has 0 amide bonds. The van der Waals surface area contributed by atoms with Crippen molar-refractivity contribution in [3.8, 4) is 0 Å². The number of fused-ring (bicyclic) bond motifs is 1. The Morgan fingerprint density at radius 2 is 2.00 bits per heavy atom. The number of alkyl halides is 3. The molecule has 2 aromatic heterocycles. The van der Waals surface area contributed by atoms with Gasteiger partial charge in [-0.05, 0) is 13.0 Å². The summed E-state index contributed by atoms with van der Waals surface area (Å²) in [6, 6.07) is 0.825. The van der Waals surface area contributed by atoms with Gasteiger partial charge in [0.05, 0.1) is 17.8 Å². The smallest absolute Gasteiger partial charge is 0.336 e. The monoisotopic (exact) mass is 325 g/mol. The zero-order valence-corrected chi connectivity index (χ0v) is 12.6. The predicted molar refractivity (Wildman–Crippen MR) is 76.0 cm³/mol. The van der Waals surface area contributed by atoms with Crippen molar-refractivity contribution in [3.05, 3.63) is 45.4 Å². The van der Waals surface area contributed by atoms with Gasteiger partial charge in [0, 0.05) is 26.2 Å². The van der Waals surface area contributed by atoms with E-state index in [0.717, 1.165) is 12.3 Å². The Morgan fingerprint density at radius 3 is 2.70 bits per heavy atom. The van der Waals surface area contributed by atoms with Gasteiger partial charge in [-0.15, -0.1) is 0 Å². The number of nitrogens with zero attached hydrogens (tertiary/aromatic N) is 5. The van der Waals surface area contributed by atoms with Crippen LogP contribution in [0, 0.1) is 6.92 Å². The van der Waals surface area contributed by atoms with E-state index in [2.05, 4.69) is 15.0 Å². The fraction of sp³-hybridized carbons (Fsp3) is 0.429. The summed E-state index contributed by atoms with van der Waals surface area (Å²) >= 11 is 0. The molecule has 6 nitrogen and oxygen atoms in total. The van der Waals surface area contributed by atoms with E-state index in [0.29, 0.717) is 30.0 Å². The minimum Gasteiger partial charge on any atom is -0.336 e. The molecule has 0 aromatic carbocycles. The van der Waals surface area contributed by atoms with Crippen LogP contribution in [-0.2, 0) is 26.2 Å². The van der Waals surface area contributed by atoms with Crippen molar-refractivity contribution in [3.63, 3.8) is 0 Å². The number of rotatable bonds is 1. The number of aryl methyl sites for hydroxylation is 1. The predicted octanol–water partition coefficient (Wildman–Crippen LogP) is 1.46. The topological polar surface area (TPSA) is 63.9 Å². The van der Waals surface area contributed by atoms with E-state index >= 15 is 0 Å². The second-order valence-electron chi connectivity index (χ2n) is 5.36. The molecule has 9 heteroatoms. The van der Waals surface area contributed by atoms with Crippen LogP contribution in [0.15, 0.2) is 17.1 Å². The molecule has 0 aliphatic carbocycles. The van der Waals surface area contributed by atoms with Crippen molar-refractivity contribution >= 4 is 5.95 Å². The Morgan fingerprint density at radius 1 is 1.26 bits per heavy atom. The molecule has 0 bridgehead atoms. The van der Waals surface area contributed by atoms with Crippen LogP contribution in [0.25, 0.3) is 0 Å². The van der Waals surface area contributed by atoms with Gasteiger partial charge in [0.15, 0.2) is 0 Å². The lowest BCUT2D eigenvalue weighted by Crippen LogP contribution is -2.39. The summed E-state index contributed by atoms with van der Waals surface area (Å²) in [5, 5.41) is 0. The van der Waals surface area contributed by atoms with E-state index in [1.807, 2.05) is 0 Å². The fourth-order valence-electron chi connectivity index (χ4n) is 2.52. The van der Waals surface area contributed by atoms with Crippen LogP contribution in [0.3, 0.4) is 0 Å². The Hall–Kier alpha value is -2.45. The molecule has 3 rings (SSSR count). The zero-order chi connectivity index (χ0) is 16.8. The Bertz CT molecular complexity index is 815. The third-order valence-electron chi connectivity index (χ3n) is 3.88. The third kappa shape index (κ3) is 2.78. The molecule has 23 heavy (non-hydrogen) atoms. The van der Waals surface area contributed by atoms with Gasteiger partial charge in [0.2, 0.25) is 5.95 Å². The van der Waals surface area contributed by atoms with Gasteiger partial charge in [0.1, 0.15) is 11.5 Å². The quantitative estimate of drug-likeness (QED) is 0.794. The van der Waals surface area contributed by atoms with Gasteiger partial charge >= 0.3 is 6.18 Å². The SMILES string of the molecule is Cc1nc2c(c(=O)n1C)CN(c1nccc(C(F)(F)F)n1)CC2. The highest BCUT2D eigenvalue weighted by molar-refractivity contribution is 5.37. The summed E-state index contributed by atoms with van der Waals surface area (Å²) in [5.74, 6) is 0.575. The molecule has 0 saturated heterocycles. The van der Waals surface area contributed by atoms with E-state index in [4.69, 9.17) is 0 Å². The molecule has 0 radical (unpaired) electrons. The van der Waals surface area contributed by atoms with Gasteiger partial charge in [0.25, 0.3) is 5.56 Å². The van der Waals surface area contributed by atoms with Gasteiger partial charge in [-0.2, -0.15) is 13.2 Å². The summed E-state index contributed by atoms with van der Waals surface area (Å²) in [6.45, 7) is 2.30. The van der Waals surface area contributed by atoms with Crippen molar-refractivity contribution in [2.24, 2.45) is 7.05 Å². The van der Waals surface area contributed by atoms with Crippen molar-refractivity contribution in [1.29, 1.82) is 0 Å². The molecule has 0 atom stereocenters. The molecule has 0 fully saturated rings. The molecule has 0 spiro atoms. The maximum atomic E-state index is 12.8. The summed E-state index contributed by atoms with van der Waals surface area (Å²) in [5.41, 5.74) is -0.0217. The van der Waals surface area contributed by atoms with Crippen LogP contribution < -0.4 is 10.5 Å². The second-order valence-corrected chi connectivity index (χ2v) is 5.36. The summed E-state index contributed by atoms with van der Waals surface area (Å²) < 4.78 is 39.7. The van der Waals surface area contributed by atoms with Gasteiger partial charge in [-0.25, -0.2) is 15.0 Å². The van der Waals surface area contributed by atoms with E-state index in [1.165, 1.54) is 4.57 Å². The van der Waals surface area contributed by atoms with E-state index in [1.54, 1.807) is 18.9 Å². The lowest BCUT2D eigenvalue weighted by atomic mass is 10.1. The number of hydrogen-bond donors (Lipinski definition) is 0. The minimum absolute atomic E-state index is 0.0342. The van der Waals surface area contributed by atoms with Crippen molar-refractivity contribution in [1.82, 2.24) is 19.5 Å². The van der Waals surface area contributed by atoms with Gasteiger partial charge in [-0.3, -0.25) is 9.36 Å². The van der Waals surface area contributed by atoms with E-state index in [-0.39, 0.29) is 18.1 Å². The van der Waals surface area contributed by atoms with Crippen LogP contribution in [0.5, 0.6) is 0 Å². The number of anilines is 1. The first-order chi connectivity index (χ1) is 10.8. The molecular weight excluding hydrogens is 311 g/mol. The molecule has 2 aromatic rings. The normalized spacial score (nSPS) is 14.7. The summed E-state index contributed by atoms with van der Waals surface area (Å²) in [4.78, 5) is 25.7. The molecule has 1 aliphatic heterocycles. The highest BCUT2D eigenvalue weighted by atomic mass is 19.4. The number of halogens is 3. The van der Waals surface area contributed by atoms with Crippen LogP contribution in [0.1, 0.15) is 22.8 Å². The first-order valence-corrected chi connectivity index (χ1v) is 6.98. The molecule has 0 unspecified atom stereocenters. The molecule has 122 valence electrons. The third-order valence-corrected chi connectivity index (χ3v) is 3.88. The van der Waals surface area contributed by atoms with Crippen molar-refractivity contribution < 1.29 is 13.2 Å². The molecule has 3 heterocycles. The van der Waals surface area contributed by atoms with Gasteiger partial charge in [-0.1, -0.05) is 0 Å². The molecule has 0 N–H and O–H groups in total. The van der Waals surface area contributed by atoms with Crippen LogP contribution in [0.4, 0.5) is 19.1 Å². The number of aromatic nitrogens is 4. The first-order valence-electron chi connectivity index (χ1n) is 6.98. The lowest BCUT2D eigenvalue weighted by Gasteiger charge is -2.28. The van der Waals surface area contributed by atoms with E-state index in [9.17, 15) is 18.0 Å². The van der Waals surface area contributed by atoms with Crippen molar-refractivity contribution in [2.75, 3.05) is 11.4 Å². The van der Waals surface area contributed by atoms with Gasteiger partial charge < -0.3 is 4.90 Å². The standard InChI is InChI=1S/C14H14F3N5O/c1-8-19-10-4-6-22(7-9(10)12(23)21(8)2)13-18-5-3-11(20-13)14(15,16)17/h3,5H,4,6-7H2,1-2H3. The average Bonchev–Trinajstić information content (AvgIpc) is 2.52. The zero-order valence-electron chi connectivity index (χ0n) is 12.6. The first kappa shape index (κ1) is 15.4. The highest BCUT2D eigenvalue weighted by Gasteiger charge is 2.33. The minimum atomic E-state index is -4.53. The van der Waals surface area contributed by atoms with Crippen LogP contribution >= 0.6 is 0 Å². The Balaban J connectivity index is 1.97. The van der Waals surface area contributed by atoms with Crippen molar-refractivity contribution in [2.45, 2.75) is 26.1 Å². The molecule has 1 aliphatic rings. The maximum Gasteiger partial charge on any atom is 0.433 e. The fourth-order valence-corrected chi connectivity index (χ4v) is 2.52. The van der Waals surface area contributed by atoms with Crippen LogP contribution in [-0.4, -0.2) is 26.1 Å². The summed E-state index contributed by atoms with van der Waals surface area (Å²) in [6.07, 6.45) is -2.99. The second kappa shape index (κ2) is 5.32. The molecular formula is C14H14F3N5O. The van der Waals surface area contributed by atoms with E-state index < -0.39 is 11.9 Å².